The summed E-state index contributed by atoms with van der Waals surface area (Å²) in [6.45, 7) is 6.13. The number of carbonyl (C=O) groups is 1. The van der Waals surface area contributed by atoms with Gasteiger partial charge in [0.15, 0.2) is 0 Å². The highest BCUT2D eigenvalue weighted by Crippen LogP contribution is 2.24. The third-order valence-corrected chi connectivity index (χ3v) is 4.43. The highest BCUT2D eigenvalue weighted by molar-refractivity contribution is 6.03. The lowest BCUT2D eigenvalue weighted by Gasteiger charge is -2.08. The minimum absolute atomic E-state index is 0.0599. The molecular formula is C22H22N2O2. The van der Waals surface area contributed by atoms with Gasteiger partial charge in [-0.2, -0.15) is 5.10 Å². The van der Waals surface area contributed by atoms with Gasteiger partial charge < -0.3 is 5.11 Å². The van der Waals surface area contributed by atoms with Gasteiger partial charge in [-0.15, -0.1) is 0 Å². The Labute approximate surface area is 153 Å². The molecule has 3 aromatic rings. The number of nitrogens with zero attached hydrogens (tertiary/aromatic N) is 1. The van der Waals surface area contributed by atoms with Crippen molar-refractivity contribution in [3.63, 3.8) is 0 Å². The minimum atomic E-state index is -0.439. The van der Waals surface area contributed by atoms with Gasteiger partial charge in [0.05, 0.1) is 11.3 Å². The van der Waals surface area contributed by atoms with Gasteiger partial charge in [0.2, 0.25) is 0 Å². The van der Waals surface area contributed by atoms with E-state index in [1.165, 1.54) is 5.56 Å². The van der Waals surface area contributed by atoms with Gasteiger partial charge in [-0.3, -0.25) is 4.79 Å². The standard InChI is InChI=1S/C22H22N2O2/c1-14(2)16-8-10-17(11-9-16)15(3)23-24-22(26)20-12-18-6-4-5-7-19(18)13-21(20)25/h4-14,25H,1-3H3,(H,24,26). The van der Waals surface area contributed by atoms with Crippen LogP contribution in [-0.4, -0.2) is 16.7 Å². The second-order valence-electron chi connectivity index (χ2n) is 6.63. The lowest BCUT2D eigenvalue weighted by molar-refractivity contribution is 0.0952. The van der Waals surface area contributed by atoms with Crippen LogP contribution in [0.5, 0.6) is 5.75 Å². The fraction of sp³-hybridized carbons (Fsp3) is 0.182. The number of fused-ring (bicyclic) bond motifs is 1. The lowest BCUT2D eigenvalue weighted by atomic mass is 10.0. The molecule has 0 aliphatic rings. The summed E-state index contributed by atoms with van der Waals surface area (Å²) in [6, 6.07) is 18.9. The predicted molar refractivity (Wildman–Crippen MR) is 106 cm³/mol. The van der Waals surface area contributed by atoms with Crippen LogP contribution in [0.25, 0.3) is 10.8 Å². The number of phenolic OH excluding ortho intramolecular Hbond substituents is 1. The summed E-state index contributed by atoms with van der Waals surface area (Å²) < 4.78 is 0. The third-order valence-electron chi connectivity index (χ3n) is 4.43. The van der Waals surface area contributed by atoms with Crippen molar-refractivity contribution < 1.29 is 9.90 Å². The van der Waals surface area contributed by atoms with E-state index in [0.29, 0.717) is 11.6 Å². The molecule has 0 radical (unpaired) electrons. The number of hydrogen-bond acceptors (Lipinski definition) is 3. The number of aromatic hydroxyl groups is 1. The van der Waals surface area contributed by atoms with Crippen LogP contribution in [0, 0.1) is 0 Å². The molecule has 0 bridgehead atoms. The number of hydrazone groups is 1. The summed E-state index contributed by atoms with van der Waals surface area (Å²) in [5, 5.41) is 16.1. The summed E-state index contributed by atoms with van der Waals surface area (Å²) in [5.41, 5.74) is 5.63. The van der Waals surface area contributed by atoms with Crippen molar-refractivity contribution in [1.29, 1.82) is 0 Å². The Kier molecular flexibility index (Phi) is 5.03. The van der Waals surface area contributed by atoms with Crippen molar-refractivity contribution in [2.45, 2.75) is 26.7 Å². The van der Waals surface area contributed by atoms with Crippen molar-refractivity contribution in [2.24, 2.45) is 5.10 Å². The number of amides is 1. The molecule has 0 aliphatic carbocycles. The molecule has 0 saturated heterocycles. The van der Waals surface area contributed by atoms with Crippen LogP contribution in [0.2, 0.25) is 0 Å². The van der Waals surface area contributed by atoms with E-state index >= 15 is 0 Å². The number of rotatable bonds is 4. The molecule has 0 fully saturated rings. The number of carbonyl (C=O) groups excluding carboxylic acids is 1. The maximum atomic E-state index is 12.4. The van der Waals surface area contributed by atoms with Crippen LogP contribution in [0.3, 0.4) is 0 Å². The molecule has 1 amide bonds. The van der Waals surface area contributed by atoms with E-state index in [9.17, 15) is 9.90 Å². The Hall–Kier alpha value is -3.14. The second kappa shape index (κ2) is 7.40. The van der Waals surface area contributed by atoms with Crippen LogP contribution < -0.4 is 5.43 Å². The molecule has 0 spiro atoms. The topological polar surface area (TPSA) is 61.7 Å². The SMILES string of the molecule is CC(=NNC(=O)c1cc2ccccc2cc1O)c1ccc(C(C)C)cc1. The van der Waals surface area contributed by atoms with Gasteiger partial charge in [0.25, 0.3) is 5.91 Å². The van der Waals surface area contributed by atoms with Crippen LogP contribution in [0.15, 0.2) is 65.8 Å². The molecule has 4 heteroatoms. The number of hydrogen-bond donors (Lipinski definition) is 2. The van der Waals surface area contributed by atoms with E-state index in [-0.39, 0.29) is 11.3 Å². The van der Waals surface area contributed by atoms with Crippen LogP contribution in [0.4, 0.5) is 0 Å². The number of benzene rings is 3. The highest BCUT2D eigenvalue weighted by atomic mass is 16.3. The lowest BCUT2D eigenvalue weighted by Crippen LogP contribution is -2.19. The normalized spacial score (nSPS) is 11.8. The van der Waals surface area contributed by atoms with Crippen LogP contribution in [-0.2, 0) is 0 Å². The molecule has 132 valence electrons. The molecular weight excluding hydrogens is 324 g/mol. The summed E-state index contributed by atoms with van der Waals surface area (Å²) in [4.78, 5) is 12.4. The monoisotopic (exact) mass is 346 g/mol. The van der Waals surface area contributed by atoms with Gasteiger partial charge >= 0.3 is 0 Å². The van der Waals surface area contributed by atoms with E-state index in [4.69, 9.17) is 0 Å². The molecule has 0 unspecified atom stereocenters. The van der Waals surface area contributed by atoms with E-state index in [0.717, 1.165) is 16.3 Å². The second-order valence-corrected chi connectivity index (χ2v) is 6.63. The summed E-state index contributed by atoms with van der Waals surface area (Å²) in [7, 11) is 0. The summed E-state index contributed by atoms with van der Waals surface area (Å²) >= 11 is 0. The first-order chi connectivity index (χ1) is 12.5. The summed E-state index contributed by atoms with van der Waals surface area (Å²) in [5.74, 6) is -0.0291. The van der Waals surface area contributed by atoms with Gasteiger partial charge in [-0.25, -0.2) is 5.43 Å². The molecule has 0 aliphatic heterocycles. The van der Waals surface area contributed by atoms with Crippen molar-refractivity contribution in [1.82, 2.24) is 5.43 Å². The smallest absolute Gasteiger partial charge is 0.275 e. The van der Waals surface area contributed by atoms with Crippen molar-refractivity contribution in [3.8, 4) is 5.75 Å². The van der Waals surface area contributed by atoms with Crippen LogP contribution in [0.1, 0.15) is 48.2 Å². The molecule has 0 saturated carbocycles. The average Bonchev–Trinajstić information content (AvgIpc) is 2.65. The van der Waals surface area contributed by atoms with Gasteiger partial charge in [0.1, 0.15) is 5.75 Å². The first-order valence-corrected chi connectivity index (χ1v) is 8.62. The van der Waals surface area contributed by atoms with Gasteiger partial charge in [-0.05, 0) is 46.9 Å². The maximum Gasteiger partial charge on any atom is 0.275 e. The fourth-order valence-corrected chi connectivity index (χ4v) is 2.78. The highest BCUT2D eigenvalue weighted by Gasteiger charge is 2.12. The van der Waals surface area contributed by atoms with Crippen LogP contribution >= 0.6 is 0 Å². The minimum Gasteiger partial charge on any atom is -0.507 e. The molecule has 0 atom stereocenters. The first-order valence-electron chi connectivity index (χ1n) is 8.62. The van der Waals surface area contributed by atoms with E-state index in [1.807, 2.05) is 43.3 Å². The largest absolute Gasteiger partial charge is 0.507 e. The first kappa shape index (κ1) is 17.7. The average molecular weight is 346 g/mol. The fourth-order valence-electron chi connectivity index (χ4n) is 2.78. The molecule has 3 rings (SSSR count). The van der Waals surface area contributed by atoms with E-state index < -0.39 is 5.91 Å². The molecule has 3 aromatic carbocycles. The van der Waals surface area contributed by atoms with Gasteiger partial charge in [-0.1, -0.05) is 62.4 Å². The molecule has 4 nitrogen and oxygen atoms in total. The predicted octanol–water partition coefficient (Wildman–Crippen LogP) is 4.82. The van der Waals surface area contributed by atoms with E-state index in [2.05, 4.69) is 36.5 Å². The Bertz CT molecular complexity index is 973. The summed E-state index contributed by atoms with van der Waals surface area (Å²) in [6.07, 6.45) is 0. The maximum absolute atomic E-state index is 12.4. The Morgan fingerprint density at radius 2 is 1.62 bits per heavy atom. The Balaban J connectivity index is 1.79. The van der Waals surface area contributed by atoms with Gasteiger partial charge in [0, 0.05) is 0 Å². The third kappa shape index (κ3) is 3.75. The number of phenols is 1. The number of nitrogens with one attached hydrogen (secondary N) is 1. The zero-order valence-electron chi connectivity index (χ0n) is 15.2. The zero-order valence-corrected chi connectivity index (χ0v) is 15.2. The van der Waals surface area contributed by atoms with E-state index in [1.54, 1.807) is 12.1 Å². The van der Waals surface area contributed by atoms with Crippen molar-refractivity contribution >= 4 is 22.4 Å². The van der Waals surface area contributed by atoms with Crippen molar-refractivity contribution in [3.05, 3.63) is 77.4 Å². The Morgan fingerprint density at radius 1 is 1.00 bits per heavy atom. The molecule has 26 heavy (non-hydrogen) atoms. The molecule has 0 aromatic heterocycles. The Morgan fingerprint density at radius 3 is 2.23 bits per heavy atom. The quantitative estimate of drug-likeness (QED) is 0.525. The molecule has 0 heterocycles. The molecule has 2 N–H and O–H groups in total. The van der Waals surface area contributed by atoms with Crippen molar-refractivity contribution in [2.75, 3.05) is 0 Å². The zero-order chi connectivity index (χ0) is 18.7.